The van der Waals surface area contributed by atoms with Crippen molar-refractivity contribution in [1.29, 1.82) is 0 Å². The number of carbonyl (C=O) groups is 2. The number of benzene rings is 1. The van der Waals surface area contributed by atoms with Crippen molar-refractivity contribution in [1.82, 2.24) is 0 Å². The number of methoxy groups -OCH3 is 2. The summed E-state index contributed by atoms with van der Waals surface area (Å²) in [4.78, 5) is 31.7. The van der Waals surface area contributed by atoms with Gasteiger partial charge in [-0.05, 0) is 36.4 Å². The first kappa shape index (κ1) is 19.6. The number of nitrogens with zero attached hydrogens (tertiary/aromatic N) is 1. The predicted molar refractivity (Wildman–Crippen MR) is 113 cm³/mol. The molecule has 0 fully saturated rings. The van der Waals surface area contributed by atoms with Crippen LogP contribution in [0.25, 0.3) is 0 Å². The van der Waals surface area contributed by atoms with E-state index in [9.17, 15) is 9.59 Å². The van der Waals surface area contributed by atoms with Crippen molar-refractivity contribution in [3.63, 3.8) is 0 Å². The number of thiophene rings is 1. The van der Waals surface area contributed by atoms with Crippen LogP contribution in [0.1, 0.15) is 42.0 Å². The van der Waals surface area contributed by atoms with E-state index < -0.39 is 5.92 Å². The number of ketones is 1. The molecule has 3 unspecified atom stereocenters. The molecule has 0 N–H and O–H groups in total. The molecule has 1 aromatic heterocycles. The minimum absolute atomic E-state index is 0.00705. The molecule has 29 heavy (non-hydrogen) atoms. The molecule has 150 valence electrons. The molecule has 0 saturated carbocycles. The number of para-hydroxylation sites is 1. The van der Waals surface area contributed by atoms with Crippen molar-refractivity contribution >= 4 is 28.8 Å². The fourth-order valence-electron chi connectivity index (χ4n) is 4.49. The van der Waals surface area contributed by atoms with Crippen molar-refractivity contribution in [2.24, 2.45) is 10.9 Å². The van der Waals surface area contributed by atoms with Crippen LogP contribution in [0.3, 0.4) is 0 Å². The van der Waals surface area contributed by atoms with Crippen LogP contribution in [0.2, 0.25) is 0 Å². The summed E-state index contributed by atoms with van der Waals surface area (Å²) in [7, 11) is 3.02. The first-order chi connectivity index (χ1) is 14.0. The molecule has 1 aliphatic carbocycles. The molecule has 1 aromatic carbocycles. The van der Waals surface area contributed by atoms with E-state index in [4.69, 9.17) is 14.5 Å². The Morgan fingerprint density at radius 3 is 2.62 bits per heavy atom. The summed E-state index contributed by atoms with van der Waals surface area (Å²) in [6.07, 6.45) is 1.03. The minimum Gasteiger partial charge on any atom is -0.496 e. The highest BCUT2D eigenvalue weighted by atomic mass is 32.1. The van der Waals surface area contributed by atoms with Crippen LogP contribution >= 0.6 is 11.3 Å². The van der Waals surface area contributed by atoms with Gasteiger partial charge in [-0.15, -0.1) is 11.3 Å². The van der Waals surface area contributed by atoms with Crippen LogP contribution < -0.4 is 4.74 Å². The van der Waals surface area contributed by atoms with Gasteiger partial charge in [-0.1, -0.05) is 24.3 Å². The highest BCUT2D eigenvalue weighted by Gasteiger charge is 2.45. The topological polar surface area (TPSA) is 65.0 Å². The van der Waals surface area contributed by atoms with Gasteiger partial charge >= 0.3 is 5.97 Å². The second-order valence-corrected chi connectivity index (χ2v) is 8.36. The zero-order chi connectivity index (χ0) is 20.5. The smallest absolute Gasteiger partial charge is 0.315 e. The van der Waals surface area contributed by atoms with E-state index >= 15 is 0 Å². The van der Waals surface area contributed by atoms with Gasteiger partial charge in [-0.25, -0.2) is 0 Å². The number of rotatable bonds is 4. The van der Waals surface area contributed by atoms with E-state index in [2.05, 4.69) is 0 Å². The molecule has 4 rings (SSSR count). The molecule has 0 radical (unpaired) electrons. The standard InChI is InChI=1S/C23H23NO4S/c1-13-20(23(26)28-3)22(19-9-6-10-29-19)21-16(24-13)11-14(12-17(21)25)15-7-4-5-8-18(15)27-2/h4-10,14,20,22H,11-12H2,1-3H3. The van der Waals surface area contributed by atoms with Gasteiger partial charge in [0.25, 0.3) is 0 Å². The largest absolute Gasteiger partial charge is 0.496 e. The van der Waals surface area contributed by atoms with Crippen molar-refractivity contribution < 1.29 is 19.1 Å². The predicted octanol–water partition coefficient (Wildman–Crippen LogP) is 4.50. The quantitative estimate of drug-likeness (QED) is 0.697. The third-order valence-electron chi connectivity index (χ3n) is 5.77. The lowest BCUT2D eigenvalue weighted by Gasteiger charge is -2.35. The Labute approximate surface area is 174 Å². The highest BCUT2D eigenvalue weighted by molar-refractivity contribution is 7.10. The van der Waals surface area contributed by atoms with E-state index in [0.29, 0.717) is 24.1 Å². The molecule has 0 amide bonds. The molecule has 5 nitrogen and oxygen atoms in total. The molecule has 6 heteroatoms. The van der Waals surface area contributed by atoms with E-state index in [0.717, 1.165) is 21.9 Å². The van der Waals surface area contributed by atoms with Crippen molar-refractivity contribution in [3.05, 3.63) is 63.5 Å². The molecular formula is C23H23NO4S. The molecule has 2 aliphatic rings. The summed E-state index contributed by atoms with van der Waals surface area (Å²) in [6.45, 7) is 1.85. The average molecular weight is 410 g/mol. The first-order valence-corrected chi connectivity index (χ1v) is 10.5. The molecule has 1 aliphatic heterocycles. The maximum Gasteiger partial charge on any atom is 0.315 e. The minimum atomic E-state index is -0.566. The Balaban J connectivity index is 1.79. The Morgan fingerprint density at radius 1 is 1.14 bits per heavy atom. The zero-order valence-electron chi connectivity index (χ0n) is 16.7. The monoisotopic (exact) mass is 409 g/mol. The summed E-state index contributed by atoms with van der Waals surface area (Å²) >= 11 is 1.55. The summed E-state index contributed by atoms with van der Waals surface area (Å²) in [6, 6.07) is 11.7. The third kappa shape index (κ3) is 3.42. The Morgan fingerprint density at radius 2 is 1.93 bits per heavy atom. The lowest BCUT2D eigenvalue weighted by Crippen LogP contribution is -2.37. The van der Waals surface area contributed by atoms with Crippen LogP contribution in [-0.2, 0) is 14.3 Å². The van der Waals surface area contributed by atoms with Crippen molar-refractivity contribution in [3.8, 4) is 5.75 Å². The fraction of sp³-hybridized carbons (Fsp3) is 0.348. The van der Waals surface area contributed by atoms with Crippen molar-refractivity contribution in [2.75, 3.05) is 14.2 Å². The SMILES string of the molecule is COC(=O)C1C(C)=NC2=C(C(=O)CC(c3ccccc3OC)C2)C1c1cccs1. The van der Waals surface area contributed by atoms with Gasteiger partial charge in [0.1, 0.15) is 11.7 Å². The Kier molecular flexibility index (Phi) is 5.37. The van der Waals surface area contributed by atoms with Gasteiger partial charge in [0.2, 0.25) is 0 Å². The van der Waals surface area contributed by atoms with E-state index in [1.54, 1.807) is 18.4 Å². The van der Waals surface area contributed by atoms with Crippen LogP contribution in [0, 0.1) is 5.92 Å². The zero-order valence-corrected chi connectivity index (χ0v) is 17.5. The number of carbonyl (C=O) groups excluding carboxylic acids is 2. The van der Waals surface area contributed by atoms with Gasteiger partial charge < -0.3 is 9.47 Å². The second kappa shape index (κ2) is 7.95. The van der Waals surface area contributed by atoms with E-state index in [-0.39, 0.29) is 23.6 Å². The summed E-state index contributed by atoms with van der Waals surface area (Å²) < 4.78 is 10.6. The van der Waals surface area contributed by atoms with Gasteiger partial charge in [-0.2, -0.15) is 0 Å². The maximum atomic E-state index is 13.4. The summed E-state index contributed by atoms with van der Waals surface area (Å²) in [5, 5.41) is 1.97. The molecule has 3 atom stereocenters. The Bertz CT molecular complexity index is 1010. The normalized spacial score (nSPS) is 24.0. The highest BCUT2D eigenvalue weighted by Crippen LogP contribution is 2.48. The number of allylic oxidation sites excluding steroid dienone is 2. The van der Waals surface area contributed by atoms with E-state index in [1.807, 2.05) is 48.7 Å². The first-order valence-electron chi connectivity index (χ1n) is 9.60. The summed E-state index contributed by atoms with van der Waals surface area (Å²) in [5.41, 5.74) is 3.17. The lowest BCUT2D eigenvalue weighted by atomic mass is 9.71. The van der Waals surface area contributed by atoms with Crippen LogP contribution in [-0.4, -0.2) is 31.7 Å². The molecular weight excluding hydrogens is 386 g/mol. The average Bonchev–Trinajstić information content (AvgIpc) is 3.26. The number of Topliss-reactive ketones (excluding diaryl/α,β-unsaturated/α-hetero) is 1. The van der Waals surface area contributed by atoms with Gasteiger partial charge in [0.05, 0.1) is 14.2 Å². The van der Waals surface area contributed by atoms with E-state index in [1.165, 1.54) is 7.11 Å². The maximum absolute atomic E-state index is 13.4. The van der Waals surface area contributed by atoms with Gasteiger partial charge in [0, 0.05) is 40.1 Å². The molecule has 0 bridgehead atoms. The molecule has 2 heterocycles. The number of aliphatic imine (C=N–C) groups is 1. The van der Waals surface area contributed by atoms with Crippen LogP contribution in [0.15, 0.2) is 58.0 Å². The lowest BCUT2D eigenvalue weighted by molar-refractivity contribution is -0.143. The fourth-order valence-corrected chi connectivity index (χ4v) is 5.36. The van der Waals surface area contributed by atoms with Gasteiger partial charge in [-0.3, -0.25) is 14.6 Å². The Hall–Kier alpha value is -2.73. The van der Waals surface area contributed by atoms with Crippen LogP contribution in [0.5, 0.6) is 5.75 Å². The molecule has 0 spiro atoms. The molecule has 2 aromatic rings. The second-order valence-electron chi connectivity index (χ2n) is 7.38. The number of hydrogen-bond acceptors (Lipinski definition) is 6. The number of esters is 1. The third-order valence-corrected chi connectivity index (χ3v) is 6.73. The van der Waals surface area contributed by atoms with Crippen molar-refractivity contribution in [2.45, 2.75) is 31.6 Å². The van der Waals surface area contributed by atoms with Gasteiger partial charge in [0.15, 0.2) is 5.78 Å². The number of ether oxygens (including phenoxy) is 2. The number of hydrogen-bond donors (Lipinski definition) is 0. The molecule has 0 saturated heterocycles. The summed E-state index contributed by atoms with van der Waals surface area (Å²) in [5.74, 6) is -0.410. The van der Waals surface area contributed by atoms with Crippen LogP contribution in [0.4, 0.5) is 0 Å².